The predicted octanol–water partition coefficient (Wildman–Crippen LogP) is 8.76. The summed E-state index contributed by atoms with van der Waals surface area (Å²) in [4.78, 5) is 24.8. The number of fused-ring (bicyclic) bond motifs is 2. The third-order valence-electron chi connectivity index (χ3n) is 6.62. The molecular formula is C36H28O2. The lowest BCUT2D eigenvalue weighted by molar-refractivity contribution is 0.103. The van der Waals surface area contributed by atoms with Gasteiger partial charge >= 0.3 is 0 Å². The third-order valence-corrected chi connectivity index (χ3v) is 6.62. The second kappa shape index (κ2) is 11.1. The fourth-order valence-corrected chi connectivity index (χ4v) is 4.49. The van der Waals surface area contributed by atoms with Crippen molar-refractivity contribution in [3.63, 3.8) is 0 Å². The van der Waals surface area contributed by atoms with Crippen LogP contribution in [0.25, 0.3) is 21.5 Å². The Hall–Kier alpha value is -4.82. The van der Waals surface area contributed by atoms with Gasteiger partial charge in [-0.1, -0.05) is 126 Å². The van der Waals surface area contributed by atoms with Gasteiger partial charge in [0.1, 0.15) is 0 Å². The molecule has 184 valence electrons. The second-order valence-corrected chi connectivity index (χ2v) is 9.52. The van der Waals surface area contributed by atoms with Gasteiger partial charge < -0.3 is 0 Å². The largest absolute Gasteiger partial charge is 0.289 e. The summed E-state index contributed by atoms with van der Waals surface area (Å²) in [5.41, 5.74) is 5.23. The second-order valence-electron chi connectivity index (χ2n) is 9.52. The molecule has 0 spiro atoms. The number of carbonyl (C=O) groups is 2. The molecule has 0 radical (unpaired) electrons. The summed E-state index contributed by atoms with van der Waals surface area (Å²) in [5.74, 6) is 0.153. The standard InChI is InChI=1S/2C18H14O/c1-13-5-4-8-16(11-13)18(19)17-10-9-14-6-2-3-7-15(14)12-17;1-13-6-8-15(9-7-13)18(19)17-11-10-14-4-2-3-5-16(14)12-17/h2*2-12H,1H3. The van der Waals surface area contributed by atoms with Crippen molar-refractivity contribution in [3.05, 3.63) is 167 Å². The van der Waals surface area contributed by atoms with E-state index >= 15 is 0 Å². The van der Waals surface area contributed by atoms with Crippen LogP contribution in [0.15, 0.2) is 133 Å². The van der Waals surface area contributed by atoms with Crippen LogP contribution in [0, 0.1) is 13.8 Å². The fraction of sp³-hybridized carbons (Fsp3) is 0.0556. The lowest BCUT2D eigenvalue weighted by Crippen LogP contribution is -2.01. The van der Waals surface area contributed by atoms with E-state index < -0.39 is 0 Å². The van der Waals surface area contributed by atoms with Crippen molar-refractivity contribution < 1.29 is 9.59 Å². The molecule has 0 unspecified atom stereocenters. The highest BCUT2D eigenvalue weighted by molar-refractivity contribution is 6.11. The van der Waals surface area contributed by atoms with Crippen molar-refractivity contribution in [3.8, 4) is 0 Å². The normalized spacial score (nSPS) is 10.6. The van der Waals surface area contributed by atoms with Crippen LogP contribution in [0.3, 0.4) is 0 Å². The van der Waals surface area contributed by atoms with E-state index in [2.05, 4.69) is 12.1 Å². The van der Waals surface area contributed by atoms with Crippen molar-refractivity contribution in [2.75, 3.05) is 0 Å². The molecule has 38 heavy (non-hydrogen) atoms. The van der Waals surface area contributed by atoms with Gasteiger partial charge in [-0.3, -0.25) is 9.59 Å². The van der Waals surface area contributed by atoms with Crippen LogP contribution < -0.4 is 0 Å². The summed E-state index contributed by atoms with van der Waals surface area (Å²) in [6.07, 6.45) is 0. The SMILES string of the molecule is Cc1ccc(C(=O)c2ccc3ccccc3c2)cc1.Cc1cccc(C(=O)c2ccc3ccccc3c2)c1. The van der Waals surface area contributed by atoms with Crippen LogP contribution in [0.2, 0.25) is 0 Å². The number of rotatable bonds is 4. The topological polar surface area (TPSA) is 34.1 Å². The van der Waals surface area contributed by atoms with Crippen LogP contribution in [0.5, 0.6) is 0 Å². The van der Waals surface area contributed by atoms with Crippen LogP contribution in [-0.2, 0) is 0 Å². The lowest BCUT2D eigenvalue weighted by atomic mass is 9.99. The summed E-state index contributed by atoms with van der Waals surface area (Å²) in [6, 6.07) is 43.3. The molecule has 0 aliphatic carbocycles. The van der Waals surface area contributed by atoms with Crippen LogP contribution in [0.1, 0.15) is 43.0 Å². The number of carbonyl (C=O) groups excluding carboxylic acids is 2. The van der Waals surface area contributed by atoms with Gasteiger partial charge in [0.2, 0.25) is 0 Å². The Morgan fingerprint density at radius 1 is 0.368 bits per heavy atom. The van der Waals surface area contributed by atoms with E-state index in [0.29, 0.717) is 0 Å². The van der Waals surface area contributed by atoms with Crippen LogP contribution >= 0.6 is 0 Å². The molecule has 0 fully saturated rings. The van der Waals surface area contributed by atoms with E-state index in [1.165, 1.54) is 0 Å². The Bertz CT molecular complexity index is 1760. The van der Waals surface area contributed by atoms with Gasteiger partial charge in [0.15, 0.2) is 11.6 Å². The average Bonchev–Trinajstić information content (AvgIpc) is 2.96. The number of benzene rings is 6. The zero-order valence-corrected chi connectivity index (χ0v) is 21.5. The molecule has 0 aliphatic rings. The number of ketones is 2. The van der Waals surface area contributed by atoms with Gasteiger partial charge in [-0.15, -0.1) is 0 Å². The molecule has 2 heteroatoms. The minimum atomic E-state index is 0.0748. The Balaban J connectivity index is 0.000000155. The minimum absolute atomic E-state index is 0.0748. The predicted molar refractivity (Wildman–Crippen MR) is 157 cm³/mol. The van der Waals surface area contributed by atoms with Gasteiger partial charge in [-0.2, -0.15) is 0 Å². The van der Waals surface area contributed by atoms with Crippen molar-refractivity contribution in [1.82, 2.24) is 0 Å². The zero-order valence-electron chi connectivity index (χ0n) is 21.5. The van der Waals surface area contributed by atoms with Gasteiger partial charge in [0.05, 0.1) is 0 Å². The number of hydrogen-bond acceptors (Lipinski definition) is 2. The molecule has 0 bridgehead atoms. The van der Waals surface area contributed by atoms with E-state index in [1.807, 2.05) is 135 Å². The molecule has 0 heterocycles. The smallest absolute Gasteiger partial charge is 0.193 e. The van der Waals surface area contributed by atoms with Gasteiger partial charge in [-0.05, 0) is 53.6 Å². The zero-order chi connectivity index (χ0) is 26.5. The monoisotopic (exact) mass is 492 g/mol. The summed E-state index contributed by atoms with van der Waals surface area (Å²) >= 11 is 0. The Morgan fingerprint density at radius 3 is 1.34 bits per heavy atom. The maximum Gasteiger partial charge on any atom is 0.193 e. The third kappa shape index (κ3) is 5.61. The van der Waals surface area contributed by atoms with E-state index in [-0.39, 0.29) is 11.6 Å². The molecule has 0 atom stereocenters. The molecule has 0 aliphatic heterocycles. The highest BCUT2D eigenvalue weighted by Gasteiger charge is 2.10. The highest BCUT2D eigenvalue weighted by atomic mass is 16.1. The van der Waals surface area contributed by atoms with Gasteiger partial charge in [-0.25, -0.2) is 0 Å². The average molecular weight is 493 g/mol. The minimum Gasteiger partial charge on any atom is -0.289 e. The fourth-order valence-electron chi connectivity index (χ4n) is 4.49. The first-order valence-electron chi connectivity index (χ1n) is 12.7. The molecule has 6 rings (SSSR count). The molecule has 0 N–H and O–H groups in total. The maximum atomic E-state index is 12.4. The maximum absolute atomic E-state index is 12.4. The first-order chi connectivity index (χ1) is 18.5. The Labute approximate surface area is 223 Å². The quantitative estimate of drug-likeness (QED) is 0.231. The molecule has 0 saturated carbocycles. The number of aryl methyl sites for hydroxylation is 2. The molecule has 2 nitrogen and oxygen atoms in total. The van der Waals surface area contributed by atoms with Crippen molar-refractivity contribution >= 4 is 33.1 Å². The highest BCUT2D eigenvalue weighted by Crippen LogP contribution is 2.20. The van der Waals surface area contributed by atoms with E-state index in [1.54, 1.807) is 0 Å². The number of hydrogen-bond donors (Lipinski definition) is 0. The first kappa shape index (κ1) is 24.9. The summed E-state index contributed by atoms with van der Waals surface area (Å²) in [6.45, 7) is 4.02. The van der Waals surface area contributed by atoms with Crippen LogP contribution in [-0.4, -0.2) is 11.6 Å². The van der Waals surface area contributed by atoms with Crippen molar-refractivity contribution in [1.29, 1.82) is 0 Å². The first-order valence-corrected chi connectivity index (χ1v) is 12.7. The van der Waals surface area contributed by atoms with Crippen LogP contribution in [0.4, 0.5) is 0 Å². The molecule has 0 amide bonds. The van der Waals surface area contributed by atoms with Gasteiger partial charge in [0, 0.05) is 22.3 Å². The summed E-state index contributed by atoms with van der Waals surface area (Å²) in [5, 5.41) is 4.51. The van der Waals surface area contributed by atoms with Gasteiger partial charge in [0.25, 0.3) is 0 Å². The molecule has 0 aromatic heterocycles. The summed E-state index contributed by atoms with van der Waals surface area (Å²) in [7, 11) is 0. The van der Waals surface area contributed by atoms with Crippen molar-refractivity contribution in [2.24, 2.45) is 0 Å². The van der Waals surface area contributed by atoms with E-state index in [9.17, 15) is 9.59 Å². The Morgan fingerprint density at radius 2 is 0.816 bits per heavy atom. The molecule has 6 aromatic rings. The van der Waals surface area contributed by atoms with E-state index in [4.69, 9.17) is 0 Å². The molecular weight excluding hydrogens is 464 g/mol. The summed E-state index contributed by atoms with van der Waals surface area (Å²) < 4.78 is 0. The lowest BCUT2D eigenvalue weighted by Gasteiger charge is -2.04. The Kier molecular flexibility index (Phi) is 7.24. The van der Waals surface area contributed by atoms with E-state index in [0.717, 1.165) is 54.9 Å². The van der Waals surface area contributed by atoms with Crippen molar-refractivity contribution in [2.45, 2.75) is 13.8 Å². The molecule has 6 aromatic carbocycles. The molecule has 0 saturated heterocycles.